The van der Waals surface area contributed by atoms with Crippen LogP contribution in [-0.4, -0.2) is 13.6 Å². The Balaban J connectivity index is 2.36. The number of nitrogens with zero attached hydrogens (tertiary/aromatic N) is 1. The first-order valence-electron chi connectivity index (χ1n) is 4.08. The van der Waals surface area contributed by atoms with Crippen molar-refractivity contribution in [1.29, 1.82) is 0 Å². The van der Waals surface area contributed by atoms with Crippen LogP contribution in [0, 0.1) is 0 Å². The highest BCUT2D eigenvalue weighted by Crippen LogP contribution is 2.16. The van der Waals surface area contributed by atoms with Gasteiger partial charge in [-0.2, -0.15) is 11.3 Å². The third-order valence-corrected chi connectivity index (χ3v) is 2.46. The predicted octanol–water partition coefficient (Wildman–Crippen LogP) is 2.98. The van der Waals surface area contributed by atoms with Crippen molar-refractivity contribution >= 4 is 17.0 Å². The summed E-state index contributed by atoms with van der Waals surface area (Å²) in [6, 6.07) is 2.17. The van der Waals surface area contributed by atoms with Crippen LogP contribution in [0.3, 0.4) is 0 Å². The first-order valence-corrected chi connectivity index (χ1v) is 5.02. The zero-order valence-corrected chi connectivity index (χ0v) is 8.03. The molecule has 0 fully saturated rings. The molecule has 0 N–H and O–H groups in total. The SMILES string of the molecule is CCCCN(C)c1ccsc1. The second-order valence-corrected chi connectivity index (χ2v) is 3.54. The lowest BCUT2D eigenvalue weighted by molar-refractivity contribution is 0.767. The second-order valence-electron chi connectivity index (χ2n) is 2.76. The van der Waals surface area contributed by atoms with E-state index in [0.717, 1.165) is 0 Å². The molecule has 0 aliphatic rings. The Morgan fingerprint density at radius 2 is 2.36 bits per heavy atom. The highest BCUT2D eigenvalue weighted by molar-refractivity contribution is 7.08. The van der Waals surface area contributed by atoms with Gasteiger partial charge in [-0.1, -0.05) is 13.3 Å². The van der Waals surface area contributed by atoms with Crippen LogP contribution in [0.2, 0.25) is 0 Å². The molecule has 0 saturated heterocycles. The van der Waals surface area contributed by atoms with Crippen molar-refractivity contribution < 1.29 is 0 Å². The van der Waals surface area contributed by atoms with Gasteiger partial charge >= 0.3 is 0 Å². The van der Waals surface area contributed by atoms with E-state index in [1.165, 1.54) is 25.1 Å². The Labute approximate surface area is 72.7 Å². The minimum atomic E-state index is 1.17. The van der Waals surface area contributed by atoms with Gasteiger partial charge in [-0.15, -0.1) is 0 Å². The molecule has 1 aromatic heterocycles. The van der Waals surface area contributed by atoms with E-state index in [1.54, 1.807) is 11.3 Å². The van der Waals surface area contributed by atoms with Gasteiger partial charge in [-0.05, 0) is 17.9 Å². The standard InChI is InChI=1S/C9H15NS/c1-3-4-6-10(2)9-5-7-11-8-9/h5,7-8H,3-4,6H2,1-2H3. The molecule has 0 radical (unpaired) electrons. The fourth-order valence-corrected chi connectivity index (χ4v) is 1.69. The number of hydrogen-bond donors (Lipinski definition) is 0. The first kappa shape index (κ1) is 8.60. The molecule has 0 saturated carbocycles. The highest BCUT2D eigenvalue weighted by Gasteiger charge is 1.98. The van der Waals surface area contributed by atoms with Crippen molar-refractivity contribution in [2.45, 2.75) is 19.8 Å². The van der Waals surface area contributed by atoms with Gasteiger partial charge in [0.05, 0.1) is 0 Å². The Bertz CT molecular complexity index is 181. The molecular formula is C9H15NS. The van der Waals surface area contributed by atoms with Gasteiger partial charge in [-0.25, -0.2) is 0 Å². The van der Waals surface area contributed by atoms with E-state index in [2.05, 4.69) is 35.7 Å². The van der Waals surface area contributed by atoms with Crippen LogP contribution in [0.5, 0.6) is 0 Å². The summed E-state index contributed by atoms with van der Waals surface area (Å²) in [4.78, 5) is 2.31. The average molecular weight is 169 g/mol. The Morgan fingerprint density at radius 3 is 2.91 bits per heavy atom. The molecule has 1 heterocycles. The zero-order valence-electron chi connectivity index (χ0n) is 7.21. The van der Waals surface area contributed by atoms with E-state index in [4.69, 9.17) is 0 Å². The second kappa shape index (κ2) is 4.39. The maximum atomic E-state index is 2.31. The maximum absolute atomic E-state index is 2.31. The van der Waals surface area contributed by atoms with Crippen molar-refractivity contribution in [3.05, 3.63) is 16.8 Å². The lowest BCUT2D eigenvalue weighted by Crippen LogP contribution is -2.17. The van der Waals surface area contributed by atoms with Gasteiger partial charge in [-0.3, -0.25) is 0 Å². The van der Waals surface area contributed by atoms with Crippen LogP contribution in [0.1, 0.15) is 19.8 Å². The smallest absolute Gasteiger partial charge is 0.0472 e. The topological polar surface area (TPSA) is 3.24 Å². The van der Waals surface area contributed by atoms with E-state index < -0.39 is 0 Å². The number of unbranched alkanes of at least 4 members (excludes halogenated alkanes) is 1. The van der Waals surface area contributed by atoms with Gasteiger partial charge in [0.1, 0.15) is 0 Å². The summed E-state index contributed by atoms with van der Waals surface area (Å²) in [6.45, 7) is 3.40. The summed E-state index contributed by atoms with van der Waals surface area (Å²) in [5.41, 5.74) is 1.35. The van der Waals surface area contributed by atoms with Crippen LogP contribution in [0.4, 0.5) is 5.69 Å². The van der Waals surface area contributed by atoms with E-state index in [1.807, 2.05) is 0 Å². The van der Waals surface area contributed by atoms with Crippen molar-refractivity contribution in [3.63, 3.8) is 0 Å². The predicted molar refractivity (Wildman–Crippen MR) is 52.5 cm³/mol. The largest absolute Gasteiger partial charge is 0.374 e. The van der Waals surface area contributed by atoms with Crippen LogP contribution < -0.4 is 4.90 Å². The molecule has 11 heavy (non-hydrogen) atoms. The van der Waals surface area contributed by atoms with Crippen molar-refractivity contribution in [3.8, 4) is 0 Å². The fraction of sp³-hybridized carbons (Fsp3) is 0.556. The van der Waals surface area contributed by atoms with E-state index in [9.17, 15) is 0 Å². The van der Waals surface area contributed by atoms with Gasteiger partial charge in [0.15, 0.2) is 0 Å². The molecular weight excluding hydrogens is 154 g/mol. The minimum absolute atomic E-state index is 1.17. The monoisotopic (exact) mass is 169 g/mol. The van der Waals surface area contributed by atoms with Crippen molar-refractivity contribution in [1.82, 2.24) is 0 Å². The van der Waals surface area contributed by atoms with E-state index in [-0.39, 0.29) is 0 Å². The third kappa shape index (κ3) is 2.54. The van der Waals surface area contributed by atoms with E-state index in [0.29, 0.717) is 0 Å². The summed E-state index contributed by atoms with van der Waals surface area (Å²) < 4.78 is 0. The molecule has 1 aromatic rings. The van der Waals surface area contributed by atoms with Crippen LogP contribution in [-0.2, 0) is 0 Å². The quantitative estimate of drug-likeness (QED) is 0.669. The Morgan fingerprint density at radius 1 is 1.55 bits per heavy atom. The zero-order chi connectivity index (χ0) is 8.10. The molecule has 62 valence electrons. The van der Waals surface area contributed by atoms with Crippen LogP contribution in [0.15, 0.2) is 16.8 Å². The van der Waals surface area contributed by atoms with E-state index >= 15 is 0 Å². The molecule has 1 nitrogen and oxygen atoms in total. The summed E-state index contributed by atoms with van der Waals surface area (Å²) >= 11 is 1.76. The number of anilines is 1. The lowest BCUT2D eigenvalue weighted by Gasteiger charge is -2.16. The molecule has 1 rings (SSSR count). The van der Waals surface area contributed by atoms with Crippen LogP contribution in [0.25, 0.3) is 0 Å². The lowest BCUT2D eigenvalue weighted by atomic mass is 10.3. The minimum Gasteiger partial charge on any atom is -0.374 e. The third-order valence-electron chi connectivity index (χ3n) is 1.79. The molecule has 2 heteroatoms. The molecule has 0 atom stereocenters. The van der Waals surface area contributed by atoms with Crippen molar-refractivity contribution in [2.75, 3.05) is 18.5 Å². The van der Waals surface area contributed by atoms with Crippen molar-refractivity contribution in [2.24, 2.45) is 0 Å². The summed E-state index contributed by atoms with van der Waals surface area (Å²) in [7, 11) is 2.15. The summed E-state index contributed by atoms with van der Waals surface area (Å²) in [5, 5.41) is 4.31. The molecule has 0 aromatic carbocycles. The molecule has 0 aliphatic carbocycles. The maximum Gasteiger partial charge on any atom is 0.0472 e. The van der Waals surface area contributed by atoms with Gasteiger partial charge in [0, 0.05) is 24.7 Å². The summed E-state index contributed by atoms with van der Waals surface area (Å²) in [6.07, 6.45) is 2.56. The molecule has 0 bridgehead atoms. The average Bonchev–Trinajstić information content (AvgIpc) is 2.52. The summed E-state index contributed by atoms with van der Waals surface area (Å²) in [5.74, 6) is 0. The number of hydrogen-bond acceptors (Lipinski definition) is 2. The Kier molecular flexibility index (Phi) is 3.43. The van der Waals surface area contributed by atoms with Gasteiger partial charge in [0.25, 0.3) is 0 Å². The number of rotatable bonds is 4. The first-order chi connectivity index (χ1) is 5.34. The molecule has 0 aliphatic heterocycles. The highest BCUT2D eigenvalue weighted by atomic mass is 32.1. The molecule has 0 spiro atoms. The number of thiophene rings is 1. The molecule has 0 unspecified atom stereocenters. The normalized spacial score (nSPS) is 10.0. The van der Waals surface area contributed by atoms with Crippen LogP contribution >= 0.6 is 11.3 Å². The Hall–Kier alpha value is -0.500. The van der Waals surface area contributed by atoms with Gasteiger partial charge < -0.3 is 4.90 Å². The van der Waals surface area contributed by atoms with Gasteiger partial charge in [0.2, 0.25) is 0 Å². The fourth-order valence-electron chi connectivity index (χ4n) is 0.999. The molecule has 0 amide bonds.